The van der Waals surface area contributed by atoms with E-state index < -0.39 is 17.9 Å². The highest BCUT2D eigenvalue weighted by molar-refractivity contribution is 7.17. The second-order valence-corrected chi connectivity index (χ2v) is 8.73. The van der Waals surface area contributed by atoms with Gasteiger partial charge in [0, 0.05) is 0 Å². The number of phenolic OH excluding ortho intramolecular Hbond substituents is 1. The minimum atomic E-state index is -0.892. The van der Waals surface area contributed by atoms with Crippen LogP contribution in [0.2, 0.25) is 0 Å². The number of amides is 1. The molecule has 8 nitrogen and oxygen atoms in total. The smallest absolute Gasteiger partial charge is 0.350 e. The first kappa shape index (κ1) is 20.9. The maximum atomic E-state index is 13.6. The molecule has 0 aliphatic carbocycles. The van der Waals surface area contributed by atoms with Crippen molar-refractivity contribution < 1.29 is 23.8 Å². The number of ether oxygens (including phenoxy) is 1. The summed E-state index contributed by atoms with van der Waals surface area (Å²) in [5, 5.41) is 10.7. The van der Waals surface area contributed by atoms with Crippen molar-refractivity contribution in [2.45, 2.75) is 19.9 Å². The molecule has 0 saturated heterocycles. The second kappa shape index (κ2) is 7.56. The van der Waals surface area contributed by atoms with E-state index in [1.807, 2.05) is 6.92 Å². The molecule has 1 N–H and O–H groups in total. The van der Waals surface area contributed by atoms with Gasteiger partial charge in [0.05, 0.1) is 29.8 Å². The highest BCUT2D eigenvalue weighted by atomic mass is 32.1. The van der Waals surface area contributed by atoms with E-state index in [1.54, 1.807) is 37.3 Å². The van der Waals surface area contributed by atoms with E-state index in [1.165, 1.54) is 24.1 Å². The lowest BCUT2D eigenvalue weighted by Crippen LogP contribution is -2.29. The summed E-state index contributed by atoms with van der Waals surface area (Å²) in [6.45, 7) is 3.51. The summed E-state index contributed by atoms with van der Waals surface area (Å²) in [7, 11) is 1.27. The number of aromatic nitrogens is 1. The van der Waals surface area contributed by atoms with E-state index >= 15 is 0 Å². The fourth-order valence-corrected chi connectivity index (χ4v) is 5.07. The molecule has 33 heavy (non-hydrogen) atoms. The Hall–Kier alpha value is -3.98. The Balaban J connectivity index is 1.80. The Bertz CT molecular complexity index is 1520. The number of carbonyl (C=O) groups excluding carboxylic acids is 2. The molecule has 0 radical (unpaired) electrons. The number of anilines is 1. The summed E-state index contributed by atoms with van der Waals surface area (Å²) in [4.78, 5) is 45.3. The van der Waals surface area contributed by atoms with Gasteiger partial charge < -0.3 is 14.3 Å². The zero-order valence-electron chi connectivity index (χ0n) is 17.9. The van der Waals surface area contributed by atoms with E-state index in [2.05, 4.69) is 4.98 Å². The second-order valence-electron chi connectivity index (χ2n) is 7.75. The van der Waals surface area contributed by atoms with Gasteiger partial charge in [-0.15, -0.1) is 0 Å². The summed E-state index contributed by atoms with van der Waals surface area (Å²) in [5.74, 6) is -1.22. The Morgan fingerprint density at radius 1 is 1.18 bits per heavy atom. The molecule has 1 aliphatic rings. The Morgan fingerprint density at radius 2 is 1.97 bits per heavy atom. The highest BCUT2D eigenvalue weighted by Crippen LogP contribution is 2.43. The molecule has 0 bridgehead atoms. The van der Waals surface area contributed by atoms with Crippen LogP contribution in [0.4, 0.5) is 5.13 Å². The molecule has 1 unspecified atom stereocenters. The number of hydrogen-bond donors (Lipinski definition) is 1. The molecule has 1 aliphatic heterocycles. The Morgan fingerprint density at radius 3 is 2.70 bits per heavy atom. The normalized spacial score (nSPS) is 15.2. The summed E-state index contributed by atoms with van der Waals surface area (Å²) in [5.41, 5.74) is 1.92. The number of methoxy groups -OCH3 is 1. The standard InChI is InChI=1S/C24H18N2O6S/c1-11-7-8-16-15(9-11)19(28)17-18(13-5-4-6-14(27)10-13)26(22(29)20(17)32-16)24-25-12(2)21(33-24)23(30)31-3/h4-10,18,27H,1-3H3. The number of rotatable bonds is 3. The predicted molar refractivity (Wildman–Crippen MR) is 122 cm³/mol. The third-order valence-electron chi connectivity index (χ3n) is 5.57. The van der Waals surface area contributed by atoms with Crippen molar-refractivity contribution in [1.82, 2.24) is 4.98 Å². The van der Waals surface area contributed by atoms with E-state index in [9.17, 15) is 19.5 Å². The third-order valence-corrected chi connectivity index (χ3v) is 6.71. The number of aromatic hydroxyl groups is 1. The van der Waals surface area contributed by atoms with Crippen LogP contribution in [0.25, 0.3) is 11.0 Å². The van der Waals surface area contributed by atoms with Crippen molar-refractivity contribution in [2.24, 2.45) is 0 Å². The summed E-state index contributed by atoms with van der Waals surface area (Å²) < 4.78 is 10.7. The first-order valence-corrected chi connectivity index (χ1v) is 10.9. The van der Waals surface area contributed by atoms with Crippen LogP contribution in [-0.4, -0.2) is 29.1 Å². The van der Waals surface area contributed by atoms with Gasteiger partial charge >= 0.3 is 5.97 Å². The van der Waals surface area contributed by atoms with Crippen molar-refractivity contribution >= 4 is 39.3 Å². The molecule has 2 aromatic heterocycles. The van der Waals surface area contributed by atoms with Gasteiger partial charge in [0.15, 0.2) is 10.6 Å². The molecule has 0 fully saturated rings. The monoisotopic (exact) mass is 462 g/mol. The topological polar surface area (TPSA) is 110 Å². The first-order valence-electron chi connectivity index (χ1n) is 10.1. The van der Waals surface area contributed by atoms with Gasteiger partial charge in [-0.25, -0.2) is 9.78 Å². The summed E-state index contributed by atoms with van der Waals surface area (Å²) in [6.07, 6.45) is 0. The van der Waals surface area contributed by atoms with Gasteiger partial charge in [-0.3, -0.25) is 14.5 Å². The van der Waals surface area contributed by atoms with Crippen LogP contribution < -0.4 is 10.3 Å². The number of carbonyl (C=O) groups is 2. The molecule has 4 aromatic rings. The molecule has 1 atom stereocenters. The highest BCUT2D eigenvalue weighted by Gasteiger charge is 2.45. The molecular formula is C24H18N2O6S. The van der Waals surface area contributed by atoms with Gasteiger partial charge in [0.2, 0.25) is 5.76 Å². The lowest BCUT2D eigenvalue weighted by Gasteiger charge is -2.22. The van der Waals surface area contributed by atoms with Crippen molar-refractivity contribution in [1.29, 1.82) is 0 Å². The molecule has 5 rings (SSSR count). The third kappa shape index (κ3) is 3.20. The number of aryl methyl sites for hydroxylation is 2. The summed E-state index contributed by atoms with van der Waals surface area (Å²) in [6, 6.07) is 10.6. The average molecular weight is 462 g/mol. The number of benzene rings is 2. The van der Waals surface area contributed by atoms with Gasteiger partial charge in [-0.1, -0.05) is 35.1 Å². The van der Waals surface area contributed by atoms with E-state index in [4.69, 9.17) is 9.15 Å². The van der Waals surface area contributed by atoms with E-state index in [0.29, 0.717) is 22.2 Å². The SMILES string of the molecule is COC(=O)c1sc(N2C(=O)c3oc4ccc(C)cc4c(=O)c3C2c2cccc(O)c2)nc1C. The predicted octanol–water partition coefficient (Wildman–Crippen LogP) is 4.11. The number of nitrogens with zero attached hydrogens (tertiary/aromatic N) is 2. The van der Waals surface area contributed by atoms with Gasteiger partial charge in [-0.05, 0) is 43.7 Å². The Labute approximate surface area is 191 Å². The molecular weight excluding hydrogens is 444 g/mol. The number of thiazole rings is 1. The zero-order valence-corrected chi connectivity index (χ0v) is 18.7. The largest absolute Gasteiger partial charge is 0.508 e. The molecule has 166 valence electrons. The fourth-order valence-electron chi connectivity index (χ4n) is 4.06. The van der Waals surface area contributed by atoms with Gasteiger partial charge in [0.1, 0.15) is 16.2 Å². The van der Waals surface area contributed by atoms with Crippen LogP contribution in [0.3, 0.4) is 0 Å². The van der Waals surface area contributed by atoms with Crippen LogP contribution in [0.5, 0.6) is 5.75 Å². The number of fused-ring (bicyclic) bond motifs is 2. The number of hydrogen-bond acceptors (Lipinski definition) is 8. The van der Waals surface area contributed by atoms with Crippen molar-refractivity contribution in [3.63, 3.8) is 0 Å². The van der Waals surface area contributed by atoms with Crippen LogP contribution >= 0.6 is 11.3 Å². The minimum Gasteiger partial charge on any atom is -0.508 e. The van der Waals surface area contributed by atoms with Gasteiger partial charge in [-0.2, -0.15) is 0 Å². The van der Waals surface area contributed by atoms with Crippen LogP contribution in [0.1, 0.15) is 48.7 Å². The maximum Gasteiger partial charge on any atom is 0.350 e. The van der Waals surface area contributed by atoms with Crippen LogP contribution in [0.15, 0.2) is 51.7 Å². The first-order chi connectivity index (χ1) is 15.8. The molecule has 3 heterocycles. The van der Waals surface area contributed by atoms with E-state index in [0.717, 1.165) is 16.9 Å². The van der Waals surface area contributed by atoms with E-state index in [-0.39, 0.29) is 32.5 Å². The minimum absolute atomic E-state index is 0.0139. The average Bonchev–Trinajstić information content (AvgIpc) is 3.31. The molecule has 0 saturated carbocycles. The van der Waals surface area contributed by atoms with Crippen LogP contribution in [-0.2, 0) is 4.74 Å². The molecule has 0 spiro atoms. The number of esters is 1. The molecule has 2 aromatic carbocycles. The number of phenols is 1. The Kier molecular flexibility index (Phi) is 4.79. The van der Waals surface area contributed by atoms with Gasteiger partial charge in [0.25, 0.3) is 5.91 Å². The lowest BCUT2D eigenvalue weighted by atomic mass is 9.98. The molecule has 1 amide bonds. The lowest BCUT2D eigenvalue weighted by molar-refractivity contribution is 0.0605. The zero-order chi connectivity index (χ0) is 23.4. The van der Waals surface area contributed by atoms with Crippen molar-refractivity contribution in [3.05, 3.63) is 85.7 Å². The summed E-state index contributed by atoms with van der Waals surface area (Å²) >= 11 is 0.992. The molecule has 9 heteroatoms. The fraction of sp³-hybridized carbons (Fsp3) is 0.167. The van der Waals surface area contributed by atoms with Crippen molar-refractivity contribution in [3.8, 4) is 5.75 Å². The van der Waals surface area contributed by atoms with Crippen molar-refractivity contribution in [2.75, 3.05) is 12.0 Å². The maximum absolute atomic E-state index is 13.6. The quantitative estimate of drug-likeness (QED) is 0.456. The van der Waals surface area contributed by atoms with Crippen LogP contribution in [0, 0.1) is 13.8 Å².